The number of alkyl carbamates (subject to hydrolysis) is 1. The molecule has 1 aromatic heterocycles. The minimum absolute atomic E-state index is 0.203. The first-order valence-corrected chi connectivity index (χ1v) is 18.1. The minimum atomic E-state index is -0.989. The van der Waals surface area contributed by atoms with Gasteiger partial charge in [0.15, 0.2) is 0 Å². The lowest BCUT2D eigenvalue weighted by molar-refractivity contribution is -0.145. The molecule has 1 aromatic carbocycles. The van der Waals surface area contributed by atoms with Crippen LogP contribution in [0.25, 0.3) is 10.9 Å². The third kappa shape index (κ3) is 15.8. The van der Waals surface area contributed by atoms with Crippen LogP contribution >= 0.6 is 11.8 Å². The van der Waals surface area contributed by atoms with Crippen LogP contribution in [-0.4, -0.2) is 71.2 Å². The van der Waals surface area contributed by atoms with Crippen LogP contribution in [0.4, 0.5) is 4.79 Å². The topological polar surface area (TPSA) is 139 Å². The molecule has 1 heterocycles. The van der Waals surface area contributed by atoms with Crippen LogP contribution in [0.2, 0.25) is 0 Å². The molecule has 0 fully saturated rings. The quantitative estimate of drug-likeness (QED) is 0.0667. The van der Waals surface area contributed by atoms with E-state index in [-0.39, 0.29) is 12.2 Å². The van der Waals surface area contributed by atoms with Crippen molar-refractivity contribution in [3.8, 4) is 0 Å². The molecule has 10 nitrogen and oxygen atoms in total. The summed E-state index contributed by atoms with van der Waals surface area (Å²) in [5.74, 6) is -0.714. The summed E-state index contributed by atoms with van der Waals surface area (Å²) in [4.78, 5) is 54.8. The van der Waals surface area contributed by atoms with E-state index >= 15 is 0 Å². The molecule has 262 valence electrons. The van der Waals surface area contributed by atoms with Crippen molar-refractivity contribution < 1.29 is 28.7 Å². The number of nitrogens with one attached hydrogen (secondary N) is 4. The molecular weight excluding hydrogens is 616 g/mol. The number of amides is 3. The van der Waals surface area contributed by atoms with Gasteiger partial charge in [-0.1, -0.05) is 82.2 Å². The van der Waals surface area contributed by atoms with Crippen LogP contribution in [-0.2, 0) is 30.3 Å². The monoisotopic (exact) mass is 672 g/mol. The number of thioether (sulfide) groups is 1. The third-order valence-electron chi connectivity index (χ3n) is 7.55. The summed E-state index contributed by atoms with van der Waals surface area (Å²) < 4.78 is 10.3. The number of ether oxygens (including phenoxy) is 2. The summed E-state index contributed by atoms with van der Waals surface area (Å²) >= 11 is 1.50. The average molecular weight is 673 g/mol. The van der Waals surface area contributed by atoms with Gasteiger partial charge in [-0.25, -0.2) is 9.59 Å². The highest BCUT2D eigenvalue weighted by molar-refractivity contribution is 7.99. The van der Waals surface area contributed by atoms with Crippen LogP contribution in [0, 0.1) is 0 Å². The van der Waals surface area contributed by atoms with Crippen molar-refractivity contribution in [3.63, 3.8) is 0 Å². The Morgan fingerprint density at radius 1 is 0.894 bits per heavy atom. The first-order chi connectivity index (χ1) is 22.4. The summed E-state index contributed by atoms with van der Waals surface area (Å²) in [5, 5.41) is 8.99. The number of benzene rings is 1. The fourth-order valence-corrected chi connectivity index (χ4v) is 5.88. The molecule has 0 bridgehead atoms. The number of para-hydroxylation sites is 1. The van der Waals surface area contributed by atoms with E-state index in [1.165, 1.54) is 77.2 Å². The Morgan fingerprint density at radius 3 is 2.26 bits per heavy atom. The Balaban J connectivity index is 1.91. The molecule has 0 saturated heterocycles. The smallest absolute Gasteiger partial charge is 0.408 e. The lowest BCUT2D eigenvalue weighted by atomic mass is 10.0. The van der Waals surface area contributed by atoms with Gasteiger partial charge in [-0.05, 0) is 52.2 Å². The molecule has 0 aliphatic rings. The average Bonchev–Trinajstić information content (AvgIpc) is 3.43. The number of unbranched alkanes of at least 4 members (excludes halogenated alkanes) is 8. The minimum Gasteiger partial charge on any atom is -0.467 e. The van der Waals surface area contributed by atoms with Gasteiger partial charge < -0.3 is 30.4 Å². The molecule has 4 N–H and O–H groups in total. The number of rotatable bonds is 21. The standard InChI is InChI=1S/C36H56N4O6S/c1-7-8-9-10-11-12-13-14-15-16-19-22-47-25-31(40-35(44)46-36(3,4)5)33(42)38-26(2)32(41)39-30(34(43)45-6)23-27-24-37-29-21-18-17-20-28(27)29/h16-21,24,26,30-31,37H,7-15,22-23,25H2,1-6H3,(H,38,42)(H,39,41)(H,40,44)/b19-16+/t26-,30-,31-/m0/s1. The lowest BCUT2D eigenvalue weighted by Gasteiger charge is -2.24. The number of allylic oxidation sites excluding steroid dienone is 1. The maximum Gasteiger partial charge on any atom is 0.408 e. The SMILES string of the molecule is CCCCCCCCCC/C=C/CSC[C@H](NC(=O)OC(C)(C)C)C(=O)N[C@@H](C)C(=O)N[C@@H](Cc1c[nH]c2ccccc12)C(=O)OC. The highest BCUT2D eigenvalue weighted by Gasteiger charge is 2.29. The van der Waals surface area contributed by atoms with E-state index in [1.807, 2.05) is 24.3 Å². The number of aromatic nitrogens is 1. The number of methoxy groups -OCH3 is 1. The van der Waals surface area contributed by atoms with Crippen molar-refractivity contribution in [3.05, 3.63) is 48.2 Å². The van der Waals surface area contributed by atoms with E-state index in [4.69, 9.17) is 9.47 Å². The van der Waals surface area contributed by atoms with Gasteiger partial charge in [-0.15, -0.1) is 0 Å². The molecule has 11 heteroatoms. The highest BCUT2D eigenvalue weighted by atomic mass is 32.2. The summed E-state index contributed by atoms with van der Waals surface area (Å²) in [7, 11) is 1.26. The fourth-order valence-electron chi connectivity index (χ4n) is 5.00. The molecule has 2 aromatic rings. The van der Waals surface area contributed by atoms with Crippen molar-refractivity contribution in [2.45, 2.75) is 123 Å². The lowest BCUT2D eigenvalue weighted by Crippen LogP contribution is -2.56. The van der Waals surface area contributed by atoms with Gasteiger partial charge in [0.25, 0.3) is 0 Å². The maximum absolute atomic E-state index is 13.3. The molecule has 0 aliphatic heterocycles. The molecule has 2 rings (SSSR count). The Labute approximate surface area is 284 Å². The van der Waals surface area contributed by atoms with Crippen molar-refractivity contribution in [2.75, 3.05) is 18.6 Å². The van der Waals surface area contributed by atoms with Gasteiger partial charge in [0.1, 0.15) is 23.7 Å². The van der Waals surface area contributed by atoms with Crippen molar-refractivity contribution >= 4 is 46.5 Å². The second-order valence-corrected chi connectivity index (χ2v) is 13.9. The fraction of sp³-hybridized carbons (Fsp3) is 0.611. The Kier molecular flexibility index (Phi) is 18.1. The van der Waals surface area contributed by atoms with Gasteiger partial charge in [0, 0.05) is 35.0 Å². The Bertz CT molecular complexity index is 1290. The molecular formula is C36H56N4O6S. The van der Waals surface area contributed by atoms with E-state index in [9.17, 15) is 19.2 Å². The summed E-state index contributed by atoms with van der Waals surface area (Å²) in [6.45, 7) is 8.99. The molecule has 0 saturated carbocycles. The summed E-state index contributed by atoms with van der Waals surface area (Å²) in [5.41, 5.74) is 1.02. The van der Waals surface area contributed by atoms with Crippen LogP contribution in [0.1, 0.15) is 98.0 Å². The van der Waals surface area contributed by atoms with Crippen molar-refractivity contribution in [2.24, 2.45) is 0 Å². The number of carbonyl (C=O) groups is 4. The number of carbonyl (C=O) groups excluding carboxylic acids is 4. The van der Waals surface area contributed by atoms with Crippen molar-refractivity contribution in [1.82, 2.24) is 20.9 Å². The predicted molar refractivity (Wildman–Crippen MR) is 190 cm³/mol. The Morgan fingerprint density at radius 2 is 1.57 bits per heavy atom. The summed E-state index contributed by atoms with van der Waals surface area (Å²) in [6, 6.07) is 4.78. The number of esters is 1. The molecule has 0 spiro atoms. The van der Waals surface area contributed by atoms with Gasteiger partial charge in [-0.3, -0.25) is 9.59 Å². The Hall–Kier alpha value is -3.47. The largest absolute Gasteiger partial charge is 0.467 e. The van der Waals surface area contributed by atoms with E-state index in [2.05, 4.69) is 40.0 Å². The molecule has 0 unspecified atom stereocenters. The van der Waals surface area contributed by atoms with E-state index in [0.717, 1.165) is 22.9 Å². The van der Waals surface area contributed by atoms with E-state index < -0.39 is 47.6 Å². The number of fused-ring (bicyclic) bond motifs is 1. The zero-order chi connectivity index (χ0) is 34.7. The van der Waals surface area contributed by atoms with E-state index in [0.29, 0.717) is 5.75 Å². The summed E-state index contributed by atoms with van der Waals surface area (Å²) in [6.07, 6.45) is 16.8. The zero-order valence-corrected chi connectivity index (χ0v) is 29.9. The molecule has 3 amide bonds. The second kappa shape index (κ2) is 21.4. The van der Waals surface area contributed by atoms with Crippen LogP contribution in [0.5, 0.6) is 0 Å². The van der Waals surface area contributed by atoms with Gasteiger partial charge in [0.05, 0.1) is 7.11 Å². The maximum atomic E-state index is 13.3. The highest BCUT2D eigenvalue weighted by Crippen LogP contribution is 2.19. The van der Waals surface area contributed by atoms with Crippen molar-refractivity contribution in [1.29, 1.82) is 0 Å². The number of hydrogen-bond donors (Lipinski definition) is 4. The van der Waals surface area contributed by atoms with Gasteiger partial charge >= 0.3 is 12.1 Å². The number of H-pyrrole nitrogens is 1. The molecule has 47 heavy (non-hydrogen) atoms. The molecule has 0 radical (unpaired) electrons. The number of aromatic amines is 1. The van der Waals surface area contributed by atoms with Crippen LogP contribution in [0.15, 0.2) is 42.6 Å². The first kappa shape index (κ1) is 39.7. The number of hydrogen-bond acceptors (Lipinski definition) is 7. The van der Waals surface area contributed by atoms with Gasteiger partial charge in [-0.2, -0.15) is 11.8 Å². The van der Waals surface area contributed by atoms with E-state index in [1.54, 1.807) is 27.0 Å². The zero-order valence-electron chi connectivity index (χ0n) is 29.1. The van der Waals surface area contributed by atoms with Crippen LogP contribution < -0.4 is 16.0 Å². The third-order valence-corrected chi connectivity index (χ3v) is 8.55. The second-order valence-electron chi connectivity index (χ2n) is 12.8. The van der Waals surface area contributed by atoms with Gasteiger partial charge in [0.2, 0.25) is 11.8 Å². The molecule has 0 aliphatic carbocycles. The normalized spacial score (nSPS) is 13.6. The predicted octanol–water partition coefficient (Wildman–Crippen LogP) is 6.59. The first-order valence-electron chi connectivity index (χ1n) is 16.9. The molecule has 3 atom stereocenters. The van der Waals surface area contributed by atoms with Crippen LogP contribution in [0.3, 0.4) is 0 Å².